The Hall–Kier alpha value is -1.66. The number of carbonyl (C=O) groups excluding carboxylic acids is 1. The minimum atomic E-state index is -0.0430. The molecule has 0 aliphatic rings. The molecule has 2 N–H and O–H groups in total. The molecule has 0 saturated heterocycles. The second-order valence-corrected chi connectivity index (χ2v) is 5.42. The molecule has 0 aliphatic heterocycles. The van der Waals surface area contributed by atoms with Crippen molar-refractivity contribution < 1.29 is 4.79 Å². The molecule has 0 saturated carbocycles. The van der Waals surface area contributed by atoms with Gasteiger partial charge in [-0.2, -0.15) is 5.10 Å². The number of hydrogen-bond donors (Lipinski definition) is 2. The Morgan fingerprint density at radius 2 is 2.10 bits per heavy atom. The van der Waals surface area contributed by atoms with Crippen molar-refractivity contribution in [2.75, 3.05) is 18.4 Å². The van der Waals surface area contributed by atoms with E-state index in [1.54, 1.807) is 4.68 Å². The first-order valence-corrected chi connectivity index (χ1v) is 7.16. The van der Waals surface area contributed by atoms with Crippen molar-refractivity contribution in [3.63, 3.8) is 0 Å². The van der Waals surface area contributed by atoms with Gasteiger partial charge in [0.1, 0.15) is 0 Å². The predicted octanol–water partition coefficient (Wildman–Crippen LogP) is 1.95. The molecule has 0 atom stereocenters. The first-order chi connectivity index (χ1) is 9.63. The number of anilines is 1. The summed E-state index contributed by atoms with van der Waals surface area (Å²) in [4.78, 5) is 11.7. The smallest absolute Gasteiger partial charge is 0.238 e. The molecule has 0 unspecified atom stereocenters. The highest BCUT2D eigenvalue weighted by Crippen LogP contribution is 2.13. The summed E-state index contributed by atoms with van der Waals surface area (Å²) in [6.45, 7) is 1.05. The number of aryl methyl sites for hydroxylation is 1. The number of rotatable bonds is 6. The van der Waals surface area contributed by atoms with Crippen LogP contribution in [0.2, 0.25) is 0 Å². The molecule has 1 heterocycles. The number of nitrogens with zero attached hydrogens (tertiary/aromatic N) is 2. The van der Waals surface area contributed by atoms with E-state index in [0.29, 0.717) is 6.54 Å². The number of nitrogens with one attached hydrogen (secondary N) is 2. The lowest BCUT2D eigenvalue weighted by Crippen LogP contribution is -2.29. The highest BCUT2D eigenvalue weighted by atomic mass is 79.9. The van der Waals surface area contributed by atoms with Crippen LogP contribution in [0.4, 0.5) is 5.69 Å². The van der Waals surface area contributed by atoms with E-state index in [2.05, 4.69) is 31.7 Å². The third-order valence-corrected chi connectivity index (χ3v) is 3.29. The van der Waals surface area contributed by atoms with Crippen molar-refractivity contribution in [2.24, 2.45) is 7.05 Å². The van der Waals surface area contributed by atoms with E-state index in [-0.39, 0.29) is 5.91 Å². The molecule has 1 amide bonds. The van der Waals surface area contributed by atoms with Crippen molar-refractivity contribution in [3.05, 3.63) is 46.7 Å². The average molecular weight is 337 g/mol. The number of hydrogen-bond acceptors (Lipinski definition) is 3. The summed E-state index contributed by atoms with van der Waals surface area (Å²) < 4.78 is 2.76. The van der Waals surface area contributed by atoms with Crippen molar-refractivity contribution >= 4 is 27.5 Å². The minimum Gasteiger partial charge on any atom is -0.325 e. The third-order valence-electron chi connectivity index (χ3n) is 2.76. The number of amides is 1. The minimum absolute atomic E-state index is 0.0430. The van der Waals surface area contributed by atoms with Crippen LogP contribution in [-0.2, 0) is 18.3 Å². The van der Waals surface area contributed by atoms with Gasteiger partial charge in [0.2, 0.25) is 5.91 Å². The molecule has 1 aromatic heterocycles. The van der Waals surface area contributed by atoms with Crippen LogP contribution in [-0.4, -0.2) is 28.8 Å². The number of halogens is 1. The third kappa shape index (κ3) is 4.79. The maximum absolute atomic E-state index is 11.7. The largest absolute Gasteiger partial charge is 0.325 e. The first kappa shape index (κ1) is 14.7. The van der Waals surface area contributed by atoms with Gasteiger partial charge in [0, 0.05) is 23.4 Å². The molecule has 0 bridgehead atoms. The molecule has 0 spiro atoms. The standard InChI is InChI=1S/C14H17BrN4O/c1-19-10-11(8-17-19)6-7-16-9-14(20)18-13-4-2-12(15)3-5-13/h2-5,8,10,16H,6-7,9H2,1H3,(H,18,20). The zero-order valence-electron chi connectivity index (χ0n) is 11.3. The fourth-order valence-electron chi connectivity index (χ4n) is 1.77. The molecule has 0 aliphatic carbocycles. The SMILES string of the molecule is Cn1cc(CCNCC(=O)Nc2ccc(Br)cc2)cn1. The molecule has 6 heteroatoms. The zero-order chi connectivity index (χ0) is 14.4. The highest BCUT2D eigenvalue weighted by molar-refractivity contribution is 9.10. The maximum atomic E-state index is 11.7. The summed E-state index contributed by atoms with van der Waals surface area (Å²) in [7, 11) is 1.89. The normalized spacial score (nSPS) is 10.5. The summed E-state index contributed by atoms with van der Waals surface area (Å²) in [5.74, 6) is -0.0430. The van der Waals surface area contributed by atoms with Gasteiger partial charge < -0.3 is 10.6 Å². The quantitative estimate of drug-likeness (QED) is 0.792. The summed E-state index contributed by atoms with van der Waals surface area (Å²) >= 11 is 3.35. The van der Waals surface area contributed by atoms with Crippen molar-refractivity contribution in [3.8, 4) is 0 Å². The zero-order valence-corrected chi connectivity index (χ0v) is 12.9. The second-order valence-electron chi connectivity index (χ2n) is 4.50. The van der Waals surface area contributed by atoms with Gasteiger partial charge >= 0.3 is 0 Å². The summed E-state index contributed by atoms with van der Waals surface area (Å²) in [6, 6.07) is 7.51. The molecule has 0 fully saturated rings. The van der Waals surface area contributed by atoms with E-state index < -0.39 is 0 Å². The van der Waals surface area contributed by atoms with Gasteiger partial charge in [-0.25, -0.2) is 0 Å². The van der Waals surface area contributed by atoms with Crippen LogP contribution in [0, 0.1) is 0 Å². The molecule has 5 nitrogen and oxygen atoms in total. The van der Waals surface area contributed by atoms with Crippen molar-refractivity contribution in [2.45, 2.75) is 6.42 Å². The molecule has 2 aromatic rings. The van der Waals surface area contributed by atoms with Gasteiger partial charge in [0.05, 0.1) is 12.7 Å². The molecule has 2 rings (SSSR count). The molecular weight excluding hydrogens is 320 g/mol. The monoisotopic (exact) mass is 336 g/mol. The van der Waals surface area contributed by atoms with E-state index in [0.717, 1.165) is 28.7 Å². The van der Waals surface area contributed by atoms with Crippen molar-refractivity contribution in [1.29, 1.82) is 0 Å². The van der Waals surface area contributed by atoms with Crippen LogP contribution >= 0.6 is 15.9 Å². The lowest BCUT2D eigenvalue weighted by atomic mass is 10.2. The Kier molecular flexibility index (Phi) is 5.31. The lowest BCUT2D eigenvalue weighted by molar-refractivity contribution is -0.115. The molecule has 1 aromatic carbocycles. The number of carbonyl (C=O) groups is 1. The summed E-state index contributed by atoms with van der Waals surface area (Å²) in [5.41, 5.74) is 1.96. The van der Waals surface area contributed by atoms with Crippen LogP contribution in [0.15, 0.2) is 41.1 Å². The van der Waals surface area contributed by atoms with E-state index in [9.17, 15) is 4.79 Å². The van der Waals surface area contributed by atoms with E-state index in [4.69, 9.17) is 0 Å². The molecular formula is C14H17BrN4O. The molecule has 0 radical (unpaired) electrons. The van der Waals surface area contributed by atoms with Crippen LogP contribution in [0.3, 0.4) is 0 Å². The van der Waals surface area contributed by atoms with E-state index in [1.165, 1.54) is 0 Å². The Balaban J connectivity index is 1.66. The topological polar surface area (TPSA) is 59.0 Å². The fourth-order valence-corrected chi connectivity index (χ4v) is 2.04. The van der Waals surface area contributed by atoms with Crippen LogP contribution in [0.1, 0.15) is 5.56 Å². The van der Waals surface area contributed by atoms with Crippen LogP contribution < -0.4 is 10.6 Å². The molecule has 106 valence electrons. The Bertz CT molecular complexity index is 565. The van der Waals surface area contributed by atoms with Crippen LogP contribution in [0.5, 0.6) is 0 Å². The van der Waals surface area contributed by atoms with Gasteiger partial charge in [-0.15, -0.1) is 0 Å². The van der Waals surface area contributed by atoms with Gasteiger partial charge in [-0.1, -0.05) is 15.9 Å². The Morgan fingerprint density at radius 3 is 2.75 bits per heavy atom. The van der Waals surface area contributed by atoms with E-state index >= 15 is 0 Å². The Labute approximate surface area is 126 Å². The average Bonchev–Trinajstić information content (AvgIpc) is 2.83. The van der Waals surface area contributed by atoms with Crippen molar-refractivity contribution in [1.82, 2.24) is 15.1 Å². The number of benzene rings is 1. The maximum Gasteiger partial charge on any atom is 0.238 e. The van der Waals surface area contributed by atoms with Gasteiger partial charge in [0.15, 0.2) is 0 Å². The predicted molar refractivity (Wildman–Crippen MR) is 82.6 cm³/mol. The summed E-state index contributed by atoms with van der Waals surface area (Å²) in [6.07, 6.45) is 4.67. The summed E-state index contributed by atoms with van der Waals surface area (Å²) in [5, 5.41) is 10.0. The van der Waals surface area contributed by atoms with Crippen LogP contribution in [0.25, 0.3) is 0 Å². The lowest BCUT2D eigenvalue weighted by Gasteiger charge is -2.06. The van der Waals surface area contributed by atoms with E-state index in [1.807, 2.05) is 43.7 Å². The van der Waals surface area contributed by atoms with Gasteiger partial charge in [-0.05, 0) is 42.8 Å². The number of aromatic nitrogens is 2. The highest BCUT2D eigenvalue weighted by Gasteiger charge is 2.02. The van der Waals surface area contributed by atoms with Gasteiger partial charge in [-0.3, -0.25) is 9.48 Å². The van der Waals surface area contributed by atoms with Gasteiger partial charge in [0.25, 0.3) is 0 Å². The fraction of sp³-hybridized carbons (Fsp3) is 0.286. The first-order valence-electron chi connectivity index (χ1n) is 6.37. The molecule has 20 heavy (non-hydrogen) atoms. The Morgan fingerprint density at radius 1 is 1.35 bits per heavy atom. The second kappa shape index (κ2) is 7.21.